The summed E-state index contributed by atoms with van der Waals surface area (Å²) in [4.78, 5) is 0. The van der Waals surface area contributed by atoms with E-state index in [0.717, 1.165) is 22.7 Å². The molecular weight excluding hydrogens is 1060 g/mol. The van der Waals surface area contributed by atoms with Gasteiger partial charge in [0.25, 0.3) is 0 Å². The van der Waals surface area contributed by atoms with Gasteiger partial charge < -0.3 is 18.3 Å². The summed E-state index contributed by atoms with van der Waals surface area (Å²) in [5.41, 5.74) is 26.0. The van der Waals surface area contributed by atoms with Crippen LogP contribution in [0.1, 0.15) is 0 Å². The number of rotatable bonds is 9. The van der Waals surface area contributed by atoms with Crippen LogP contribution >= 0.6 is 0 Å². The van der Waals surface area contributed by atoms with Crippen LogP contribution in [0.5, 0.6) is 0 Å². The monoisotopic (exact) mass is 1120 g/mol. The SMILES string of the molecule is c1ccc(-c2ccc(-n3c4ccccc4c4cc5c6cc(-c7ccc(-c8ccc(-c9ccc(-n%10c%11ccccc%11c%11cc%12c%13ccccc%13n(-c%13ccccc%13)c%12cc%11%10)cc9)cc8)cc7)ccc6n(-c6ccc(-c7ccccc7)cc6)c5cc43)cc2)cc1. The maximum absolute atomic E-state index is 2.46. The molecule has 4 aromatic heterocycles. The molecule has 0 spiro atoms. The van der Waals surface area contributed by atoms with E-state index >= 15 is 0 Å². The van der Waals surface area contributed by atoms with Crippen molar-refractivity contribution in [2.24, 2.45) is 0 Å². The minimum absolute atomic E-state index is 1.12. The van der Waals surface area contributed by atoms with Crippen molar-refractivity contribution < 1.29 is 0 Å². The molecular formula is C84H54N4. The Kier molecular flexibility index (Phi) is 11.3. The van der Waals surface area contributed by atoms with Crippen LogP contribution in [0.15, 0.2) is 328 Å². The molecule has 0 unspecified atom stereocenters. The van der Waals surface area contributed by atoms with Gasteiger partial charge in [0, 0.05) is 65.8 Å². The van der Waals surface area contributed by atoms with Gasteiger partial charge in [-0.05, 0) is 159 Å². The molecule has 0 N–H and O–H groups in total. The van der Waals surface area contributed by atoms with Crippen LogP contribution in [0.3, 0.4) is 0 Å². The van der Waals surface area contributed by atoms with Gasteiger partial charge in [0.15, 0.2) is 0 Å². The van der Waals surface area contributed by atoms with Crippen LogP contribution in [0, 0.1) is 0 Å². The molecule has 4 nitrogen and oxygen atoms in total. The van der Waals surface area contributed by atoms with Crippen molar-refractivity contribution in [3.05, 3.63) is 328 Å². The summed E-state index contributed by atoms with van der Waals surface area (Å²) >= 11 is 0. The fraction of sp³-hybridized carbons (Fsp3) is 0. The van der Waals surface area contributed by atoms with Crippen molar-refractivity contribution in [1.29, 1.82) is 0 Å². The topological polar surface area (TPSA) is 19.7 Å². The number of hydrogen-bond acceptors (Lipinski definition) is 0. The summed E-state index contributed by atoms with van der Waals surface area (Å²) in [6.07, 6.45) is 0. The van der Waals surface area contributed by atoms with Gasteiger partial charge in [0.05, 0.1) is 44.1 Å². The Bertz CT molecular complexity index is 5710. The zero-order valence-electron chi connectivity index (χ0n) is 48.0. The van der Waals surface area contributed by atoms with Crippen LogP contribution in [0.2, 0.25) is 0 Å². The van der Waals surface area contributed by atoms with Crippen molar-refractivity contribution in [3.63, 3.8) is 0 Å². The van der Waals surface area contributed by atoms with E-state index in [2.05, 4.69) is 346 Å². The van der Waals surface area contributed by atoms with Crippen LogP contribution in [0.25, 0.3) is 166 Å². The van der Waals surface area contributed by atoms with Crippen LogP contribution in [-0.2, 0) is 0 Å². The standard InChI is InChI=1S/C84H54N4/c1-4-16-55(17-5-1)60-36-43-66(44-37-60)87-79-27-15-12-24-71(79)75-52-76-72-50-64(42-49-80(72)88(84(76)54-83(75)87)68-45-38-61(39-46-68)56-18-6-2-7-19-56)63-34-32-58(33-35-63)57-28-30-59(31-29-57)62-40-47-67(48-41-62)86-78-26-14-11-23-70(78)74-51-73-69-22-10-13-25-77(69)85(81(73)53-82(74)86)65-20-8-3-9-21-65/h1-54H. The van der Waals surface area contributed by atoms with E-state index in [1.807, 2.05) is 0 Å². The number of fused-ring (bicyclic) bond motifs is 12. The summed E-state index contributed by atoms with van der Waals surface area (Å²) in [6.45, 7) is 0. The van der Waals surface area contributed by atoms with Crippen molar-refractivity contribution >= 4 is 87.2 Å². The molecule has 18 rings (SSSR count). The first-order valence-electron chi connectivity index (χ1n) is 30.3. The molecule has 0 aliphatic carbocycles. The van der Waals surface area contributed by atoms with Gasteiger partial charge in [-0.3, -0.25) is 0 Å². The fourth-order valence-electron chi connectivity index (χ4n) is 14.2. The van der Waals surface area contributed by atoms with Gasteiger partial charge in [-0.1, -0.05) is 224 Å². The summed E-state index contributed by atoms with van der Waals surface area (Å²) in [5, 5.41) is 9.93. The zero-order valence-corrected chi connectivity index (χ0v) is 48.0. The van der Waals surface area contributed by atoms with Crippen molar-refractivity contribution in [2.45, 2.75) is 0 Å². The molecule has 0 amide bonds. The van der Waals surface area contributed by atoms with Crippen molar-refractivity contribution in [3.8, 4) is 78.4 Å². The molecule has 0 aliphatic rings. The Balaban J connectivity index is 0.683. The lowest BCUT2D eigenvalue weighted by Crippen LogP contribution is -1.96. The van der Waals surface area contributed by atoms with E-state index in [4.69, 9.17) is 0 Å². The Hall–Kier alpha value is -11.7. The number of benzene rings is 14. The molecule has 14 aromatic carbocycles. The third kappa shape index (κ3) is 7.93. The highest BCUT2D eigenvalue weighted by molar-refractivity contribution is 6.21. The zero-order chi connectivity index (χ0) is 57.8. The second-order valence-electron chi connectivity index (χ2n) is 23.3. The average molecular weight is 1120 g/mol. The number of hydrogen-bond donors (Lipinski definition) is 0. The highest BCUT2D eigenvalue weighted by Crippen LogP contribution is 2.44. The lowest BCUT2D eigenvalue weighted by atomic mass is 9.97. The first-order valence-corrected chi connectivity index (χ1v) is 30.3. The third-order valence-corrected chi connectivity index (χ3v) is 18.4. The van der Waals surface area contributed by atoms with Gasteiger partial charge in [-0.15, -0.1) is 0 Å². The average Bonchev–Trinajstić information content (AvgIpc) is 1.76. The second-order valence-corrected chi connectivity index (χ2v) is 23.3. The number of aromatic nitrogens is 4. The highest BCUT2D eigenvalue weighted by atomic mass is 15.0. The van der Waals surface area contributed by atoms with E-state index in [1.54, 1.807) is 0 Å². The minimum atomic E-state index is 1.12. The van der Waals surface area contributed by atoms with Gasteiger partial charge in [0.2, 0.25) is 0 Å². The summed E-state index contributed by atoms with van der Waals surface area (Å²) < 4.78 is 9.74. The molecule has 0 saturated carbocycles. The number of nitrogens with zero attached hydrogens (tertiary/aromatic N) is 4. The Morgan fingerprint density at radius 2 is 0.352 bits per heavy atom. The van der Waals surface area contributed by atoms with Gasteiger partial charge >= 0.3 is 0 Å². The smallest absolute Gasteiger partial charge is 0.0562 e. The van der Waals surface area contributed by atoms with Crippen LogP contribution < -0.4 is 0 Å². The van der Waals surface area contributed by atoms with E-state index in [-0.39, 0.29) is 0 Å². The molecule has 0 radical (unpaired) electrons. The third-order valence-electron chi connectivity index (χ3n) is 18.4. The van der Waals surface area contributed by atoms with Gasteiger partial charge in [-0.2, -0.15) is 0 Å². The summed E-state index contributed by atoms with van der Waals surface area (Å²) in [6, 6.07) is 120. The van der Waals surface area contributed by atoms with E-state index in [9.17, 15) is 0 Å². The van der Waals surface area contributed by atoms with Gasteiger partial charge in [-0.25, -0.2) is 0 Å². The molecule has 4 heterocycles. The first-order chi connectivity index (χ1) is 43.6. The molecule has 0 atom stereocenters. The largest absolute Gasteiger partial charge is 0.309 e. The predicted octanol–water partition coefficient (Wildman–Crippen LogP) is 22.4. The molecule has 4 heteroatoms. The maximum atomic E-state index is 2.46. The normalized spacial score (nSPS) is 11.9. The highest BCUT2D eigenvalue weighted by Gasteiger charge is 2.22. The van der Waals surface area contributed by atoms with E-state index in [0.29, 0.717) is 0 Å². The Morgan fingerprint density at radius 3 is 0.705 bits per heavy atom. The Morgan fingerprint density at radius 1 is 0.125 bits per heavy atom. The lowest BCUT2D eigenvalue weighted by molar-refractivity contribution is 1.16. The van der Waals surface area contributed by atoms with E-state index in [1.165, 1.54) is 143 Å². The van der Waals surface area contributed by atoms with Gasteiger partial charge in [0.1, 0.15) is 0 Å². The molecule has 410 valence electrons. The molecule has 0 aliphatic heterocycles. The van der Waals surface area contributed by atoms with E-state index < -0.39 is 0 Å². The summed E-state index contributed by atoms with van der Waals surface area (Å²) in [7, 11) is 0. The minimum Gasteiger partial charge on any atom is -0.309 e. The van der Waals surface area contributed by atoms with Crippen LogP contribution in [0.4, 0.5) is 0 Å². The van der Waals surface area contributed by atoms with Crippen molar-refractivity contribution in [1.82, 2.24) is 18.3 Å². The molecule has 0 saturated heterocycles. The molecule has 88 heavy (non-hydrogen) atoms. The second kappa shape index (κ2) is 20.0. The van der Waals surface area contributed by atoms with Crippen LogP contribution in [-0.4, -0.2) is 18.3 Å². The predicted molar refractivity (Wildman–Crippen MR) is 371 cm³/mol. The van der Waals surface area contributed by atoms with Crippen molar-refractivity contribution in [2.75, 3.05) is 0 Å². The number of para-hydroxylation sites is 4. The quantitative estimate of drug-likeness (QED) is 0.137. The molecule has 0 bridgehead atoms. The summed E-state index contributed by atoms with van der Waals surface area (Å²) in [5.74, 6) is 0. The Labute approximate surface area is 508 Å². The first kappa shape index (κ1) is 49.7. The lowest BCUT2D eigenvalue weighted by Gasteiger charge is -2.12. The fourth-order valence-corrected chi connectivity index (χ4v) is 14.2. The molecule has 0 fully saturated rings. The molecule has 18 aromatic rings. The maximum Gasteiger partial charge on any atom is 0.0562 e.